The van der Waals surface area contributed by atoms with Crippen molar-refractivity contribution in [1.82, 2.24) is 4.90 Å². The molecule has 1 atom stereocenters. The number of allylic oxidation sites excluding steroid dienone is 3. The van der Waals surface area contributed by atoms with Crippen LogP contribution in [0.2, 0.25) is 0 Å². The molecule has 0 N–H and O–H groups in total. The van der Waals surface area contributed by atoms with Crippen molar-refractivity contribution < 1.29 is 0 Å². The van der Waals surface area contributed by atoms with Gasteiger partial charge in [0.1, 0.15) is 0 Å². The van der Waals surface area contributed by atoms with Crippen molar-refractivity contribution in [3.63, 3.8) is 0 Å². The Morgan fingerprint density at radius 2 is 1.88 bits per heavy atom. The molecule has 0 amide bonds. The average molecular weight is 413 g/mol. The molecule has 1 aromatic carbocycles. The highest BCUT2D eigenvalue weighted by atomic mass is 79.9. The maximum Gasteiger partial charge on any atom is 0.0978 e. The van der Waals surface area contributed by atoms with Crippen LogP contribution in [-0.4, -0.2) is 17.5 Å². The summed E-state index contributed by atoms with van der Waals surface area (Å²) in [4.78, 5) is 2.22. The van der Waals surface area contributed by atoms with Crippen LogP contribution in [0.25, 0.3) is 18.2 Å². The highest BCUT2D eigenvalue weighted by molar-refractivity contribution is 9.10. The molecule has 138 valence electrons. The van der Waals surface area contributed by atoms with Crippen molar-refractivity contribution >= 4 is 34.2 Å². The van der Waals surface area contributed by atoms with Crippen LogP contribution in [0.1, 0.15) is 55.0 Å². The van der Waals surface area contributed by atoms with Crippen LogP contribution < -0.4 is 0 Å². The molecule has 0 aliphatic carbocycles. The van der Waals surface area contributed by atoms with Crippen LogP contribution in [0.3, 0.4) is 0 Å². The Kier molecular flexibility index (Phi) is 9.34. The van der Waals surface area contributed by atoms with Gasteiger partial charge in [-0.15, -0.1) is 0 Å². The normalized spacial score (nSPS) is 12.7. The van der Waals surface area contributed by atoms with E-state index in [4.69, 9.17) is 0 Å². The molecule has 0 saturated heterocycles. The lowest BCUT2D eigenvalue weighted by atomic mass is 9.91. The average Bonchev–Trinajstić information content (AvgIpc) is 2.64. The second-order valence-corrected chi connectivity index (χ2v) is 6.87. The van der Waals surface area contributed by atoms with E-state index in [-0.39, 0.29) is 6.04 Å². The van der Waals surface area contributed by atoms with Gasteiger partial charge in [0, 0.05) is 11.0 Å². The number of benzene rings is 1. The summed E-state index contributed by atoms with van der Waals surface area (Å²) in [5.74, 6) is 0. The molecule has 1 rings (SSSR count). The summed E-state index contributed by atoms with van der Waals surface area (Å²) < 4.78 is 1.07. The lowest BCUT2D eigenvalue weighted by Gasteiger charge is -2.28. The van der Waals surface area contributed by atoms with Crippen molar-refractivity contribution in [3.05, 3.63) is 63.7 Å². The van der Waals surface area contributed by atoms with E-state index in [9.17, 15) is 5.26 Å². The fourth-order valence-electron chi connectivity index (χ4n) is 3.17. The van der Waals surface area contributed by atoms with Crippen molar-refractivity contribution in [1.29, 1.82) is 5.26 Å². The molecule has 0 aromatic heterocycles. The van der Waals surface area contributed by atoms with Crippen molar-refractivity contribution in [2.75, 3.05) is 6.54 Å². The van der Waals surface area contributed by atoms with Gasteiger partial charge in [-0.2, -0.15) is 5.26 Å². The van der Waals surface area contributed by atoms with Crippen LogP contribution in [-0.2, 0) is 6.54 Å². The monoisotopic (exact) mass is 412 g/mol. The molecular weight excluding hydrogens is 384 g/mol. The fourth-order valence-corrected chi connectivity index (χ4v) is 3.94. The van der Waals surface area contributed by atoms with Crippen LogP contribution >= 0.6 is 15.9 Å². The third-order valence-corrected chi connectivity index (χ3v) is 5.51. The molecule has 0 heterocycles. The maximum atomic E-state index is 9.51. The molecular formula is C23H29BrN2. The molecule has 0 saturated carbocycles. The highest BCUT2D eigenvalue weighted by Gasteiger charge is 2.21. The first-order chi connectivity index (χ1) is 12.5. The van der Waals surface area contributed by atoms with E-state index in [1.165, 1.54) is 11.1 Å². The number of nitrogens with zero attached hydrogens (tertiary/aromatic N) is 2. The quantitative estimate of drug-likeness (QED) is 0.419. The van der Waals surface area contributed by atoms with Crippen LogP contribution in [0.4, 0.5) is 0 Å². The Morgan fingerprint density at radius 1 is 1.19 bits per heavy atom. The maximum absolute atomic E-state index is 9.51. The first-order valence-corrected chi connectivity index (χ1v) is 9.82. The summed E-state index contributed by atoms with van der Waals surface area (Å²) in [5.41, 5.74) is 5.78. The Morgan fingerprint density at radius 3 is 2.35 bits per heavy atom. The summed E-state index contributed by atoms with van der Waals surface area (Å²) in [6, 6.07) is 2.34. The van der Waals surface area contributed by atoms with E-state index in [2.05, 4.69) is 79.1 Å². The lowest BCUT2D eigenvalue weighted by Crippen LogP contribution is -2.33. The first kappa shape index (κ1) is 22.2. The molecule has 0 fully saturated rings. The van der Waals surface area contributed by atoms with Gasteiger partial charge in [-0.25, -0.2) is 0 Å². The summed E-state index contributed by atoms with van der Waals surface area (Å²) in [6.07, 6.45) is 12.7. The predicted molar refractivity (Wildman–Crippen MR) is 119 cm³/mol. The molecule has 26 heavy (non-hydrogen) atoms. The molecule has 2 nitrogen and oxygen atoms in total. The molecule has 0 spiro atoms. The zero-order valence-electron chi connectivity index (χ0n) is 16.3. The summed E-state index contributed by atoms with van der Waals surface area (Å²) >= 11 is 3.83. The molecule has 3 heteroatoms. The van der Waals surface area contributed by atoms with Crippen LogP contribution in [0, 0.1) is 18.3 Å². The van der Waals surface area contributed by atoms with Gasteiger partial charge in [0.2, 0.25) is 0 Å². The number of halogens is 1. The number of rotatable bonds is 9. The molecule has 1 unspecified atom stereocenters. The van der Waals surface area contributed by atoms with E-state index >= 15 is 0 Å². The lowest BCUT2D eigenvalue weighted by molar-refractivity contribution is 0.232. The van der Waals surface area contributed by atoms with Gasteiger partial charge in [-0.3, -0.25) is 4.90 Å². The zero-order valence-corrected chi connectivity index (χ0v) is 17.9. The van der Waals surface area contributed by atoms with E-state index < -0.39 is 0 Å². The largest absolute Gasteiger partial charge is 0.284 e. The number of nitriles is 1. The third-order valence-electron chi connectivity index (χ3n) is 4.61. The summed E-state index contributed by atoms with van der Waals surface area (Å²) in [7, 11) is 0. The SMILES string of the molecule is C=C/C=C\c1c(C)c(C=C)c(/C=C\C)c(CN(CC)C(C#N)CC)c1Br. The Bertz CT molecular complexity index is 751. The topological polar surface area (TPSA) is 27.0 Å². The molecule has 0 bridgehead atoms. The standard InChI is InChI=1S/C23H29BrN2/c1-7-12-14-20-17(6)19(10-4)21(13-8-2)22(23(20)24)16-26(11-5)18(9-3)15-25/h7-8,10,12-14,18H,1,4,9,11,16H2,2-3,5-6H3/b13-8-,14-12-. The van der Waals surface area contributed by atoms with Gasteiger partial charge < -0.3 is 0 Å². The number of hydrogen-bond donors (Lipinski definition) is 0. The minimum absolute atomic E-state index is 0.0917. The summed E-state index contributed by atoms with van der Waals surface area (Å²) in [5, 5.41) is 9.51. The Hall–Kier alpha value is -1.89. The Balaban J connectivity index is 3.71. The van der Waals surface area contributed by atoms with Gasteiger partial charge in [-0.05, 0) is 70.6 Å². The second kappa shape index (κ2) is 11.0. The van der Waals surface area contributed by atoms with E-state index in [0.717, 1.165) is 34.1 Å². The van der Waals surface area contributed by atoms with Crippen LogP contribution in [0.5, 0.6) is 0 Å². The minimum Gasteiger partial charge on any atom is -0.284 e. The van der Waals surface area contributed by atoms with E-state index in [1.54, 1.807) is 6.08 Å². The molecule has 1 aromatic rings. The predicted octanol–water partition coefficient (Wildman–Crippen LogP) is 6.76. The van der Waals surface area contributed by atoms with Gasteiger partial charge in [0.05, 0.1) is 12.1 Å². The Labute approximate surface area is 167 Å². The van der Waals surface area contributed by atoms with E-state index in [0.29, 0.717) is 6.54 Å². The molecule has 0 aliphatic heterocycles. The van der Waals surface area contributed by atoms with Gasteiger partial charge in [-0.1, -0.05) is 63.5 Å². The van der Waals surface area contributed by atoms with Gasteiger partial charge in [0.25, 0.3) is 0 Å². The highest BCUT2D eigenvalue weighted by Crippen LogP contribution is 2.36. The van der Waals surface area contributed by atoms with Crippen molar-refractivity contribution in [2.45, 2.75) is 46.7 Å². The van der Waals surface area contributed by atoms with E-state index in [1.807, 2.05) is 19.1 Å². The third kappa shape index (κ3) is 4.84. The van der Waals surface area contributed by atoms with Crippen molar-refractivity contribution in [2.24, 2.45) is 0 Å². The smallest absolute Gasteiger partial charge is 0.0978 e. The number of hydrogen-bond acceptors (Lipinski definition) is 2. The minimum atomic E-state index is -0.0917. The molecule has 0 aliphatic rings. The fraction of sp³-hybridized carbons (Fsp3) is 0.348. The van der Waals surface area contributed by atoms with Crippen molar-refractivity contribution in [3.8, 4) is 6.07 Å². The first-order valence-electron chi connectivity index (χ1n) is 9.03. The van der Waals surface area contributed by atoms with Gasteiger partial charge in [0.15, 0.2) is 0 Å². The zero-order chi connectivity index (χ0) is 19.7. The second-order valence-electron chi connectivity index (χ2n) is 6.07. The van der Waals surface area contributed by atoms with Gasteiger partial charge >= 0.3 is 0 Å². The molecule has 0 radical (unpaired) electrons. The van der Waals surface area contributed by atoms with Crippen LogP contribution in [0.15, 0.2) is 35.9 Å². The summed E-state index contributed by atoms with van der Waals surface area (Å²) in [6.45, 7) is 17.6.